The summed E-state index contributed by atoms with van der Waals surface area (Å²) in [6.45, 7) is -0.331. The van der Waals surface area contributed by atoms with Crippen LogP contribution in [-0.2, 0) is 4.79 Å². The number of nitrogens with one attached hydrogen (secondary N) is 1. The molecule has 0 unspecified atom stereocenters. The number of amides is 1. The van der Waals surface area contributed by atoms with Crippen LogP contribution in [0.25, 0.3) is 5.69 Å². The van der Waals surface area contributed by atoms with Crippen molar-refractivity contribution in [3.63, 3.8) is 0 Å². The fourth-order valence-corrected chi connectivity index (χ4v) is 1.69. The van der Waals surface area contributed by atoms with E-state index in [1.807, 2.05) is 35.2 Å². The third kappa shape index (κ3) is 3.24. The largest absolute Gasteiger partial charge is 0.479 e. The summed E-state index contributed by atoms with van der Waals surface area (Å²) in [7, 11) is 0. The first-order chi connectivity index (χ1) is 9.58. The lowest BCUT2D eigenvalue weighted by Crippen LogP contribution is -2.36. The number of aromatic nitrogens is 1. The summed E-state index contributed by atoms with van der Waals surface area (Å²) < 4.78 is 1.85. The molecule has 0 bridgehead atoms. The Kier molecular flexibility index (Phi) is 4.17. The standard InChI is InChI=1S/C14H14N2O4/c17-12(14(19)20)9-15-13(18)10-4-3-5-11(8-10)16-6-1-2-7-16/h1-8,12,17H,9H2,(H,15,18)(H,19,20)/t12-/m0/s1. The van der Waals surface area contributed by atoms with Gasteiger partial charge in [0.25, 0.3) is 5.91 Å². The molecule has 104 valence electrons. The molecule has 0 aliphatic heterocycles. The Balaban J connectivity index is 2.07. The summed E-state index contributed by atoms with van der Waals surface area (Å²) in [6, 6.07) is 10.6. The van der Waals surface area contributed by atoms with Gasteiger partial charge in [0.05, 0.1) is 6.54 Å². The maximum absolute atomic E-state index is 11.9. The molecule has 0 aliphatic rings. The summed E-state index contributed by atoms with van der Waals surface area (Å²) in [4.78, 5) is 22.3. The zero-order valence-electron chi connectivity index (χ0n) is 10.6. The van der Waals surface area contributed by atoms with Crippen LogP contribution in [0, 0.1) is 0 Å². The number of aliphatic hydroxyl groups excluding tert-OH is 1. The van der Waals surface area contributed by atoms with E-state index in [1.54, 1.807) is 18.2 Å². The molecule has 0 fully saturated rings. The van der Waals surface area contributed by atoms with Crippen LogP contribution < -0.4 is 5.32 Å². The van der Waals surface area contributed by atoms with Gasteiger partial charge in [0.2, 0.25) is 0 Å². The number of aliphatic carboxylic acids is 1. The van der Waals surface area contributed by atoms with E-state index in [-0.39, 0.29) is 6.54 Å². The van der Waals surface area contributed by atoms with Gasteiger partial charge in [-0.1, -0.05) is 6.07 Å². The van der Waals surface area contributed by atoms with E-state index in [0.717, 1.165) is 5.69 Å². The Morgan fingerprint density at radius 2 is 1.90 bits per heavy atom. The van der Waals surface area contributed by atoms with Crippen LogP contribution in [0.15, 0.2) is 48.8 Å². The summed E-state index contributed by atoms with van der Waals surface area (Å²) in [5.74, 6) is -1.80. The minimum atomic E-state index is -1.61. The van der Waals surface area contributed by atoms with Gasteiger partial charge in [-0.15, -0.1) is 0 Å². The van der Waals surface area contributed by atoms with E-state index < -0.39 is 18.0 Å². The third-order valence-electron chi connectivity index (χ3n) is 2.75. The van der Waals surface area contributed by atoms with Crippen LogP contribution in [0.1, 0.15) is 10.4 Å². The second kappa shape index (κ2) is 6.03. The highest BCUT2D eigenvalue weighted by atomic mass is 16.4. The number of rotatable bonds is 5. The first-order valence-electron chi connectivity index (χ1n) is 6.00. The van der Waals surface area contributed by atoms with Crippen LogP contribution in [-0.4, -0.2) is 39.3 Å². The van der Waals surface area contributed by atoms with Gasteiger partial charge in [-0.3, -0.25) is 4.79 Å². The van der Waals surface area contributed by atoms with Gasteiger partial charge in [-0.05, 0) is 30.3 Å². The number of aliphatic hydroxyl groups is 1. The first kappa shape index (κ1) is 13.8. The van der Waals surface area contributed by atoms with Crippen molar-refractivity contribution in [2.24, 2.45) is 0 Å². The zero-order valence-corrected chi connectivity index (χ0v) is 10.6. The lowest BCUT2D eigenvalue weighted by Gasteiger charge is -2.09. The number of carbonyl (C=O) groups excluding carboxylic acids is 1. The molecule has 1 aromatic heterocycles. The molecule has 1 aromatic carbocycles. The second-order valence-electron chi connectivity index (χ2n) is 4.20. The van der Waals surface area contributed by atoms with Crippen LogP contribution in [0.3, 0.4) is 0 Å². The lowest BCUT2D eigenvalue weighted by atomic mass is 10.2. The molecule has 2 rings (SSSR count). The minimum Gasteiger partial charge on any atom is -0.479 e. The fraction of sp³-hybridized carbons (Fsp3) is 0.143. The predicted molar refractivity (Wildman–Crippen MR) is 71.7 cm³/mol. The summed E-state index contributed by atoms with van der Waals surface area (Å²) in [6.07, 6.45) is 2.10. The van der Waals surface area contributed by atoms with Crippen molar-refractivity contribution < 1.29 is 19.8 Å². The van der Waals surface area contributed by atoms with Gasteiger partial charge < -0.3 is 20.1 Å². The molecule has 0 spiro atoms. The van der Waals surface area contributed by atoms with Crippen molar-refractivity contribution in [1.29, 1.82) is 0 Å². The average molecular weight is 274 g/mol. The maximum atomic E-state index is 11.9. The van der Waals surface area contributed by atoms with Gasteiger partial charge in [-0.25, -0.2) is 4.79 Å². The molecule has 1 amide bonds. The number of hydrogen-bond donors (Lipinski definition) is 3. The van der Waals surface area contributed by atoms with Crippen molar-refractivity contribution in [3.8, 4) is 5.69 Å². The average Bonchev–Trinajstić information content (AvgIpc) is 2.98. The molecule has 1 heterocycles. The van der Waals surface area contributed by atoms with Crippen molar-refractivity contribution in [1.82, 2.24) is 9.88 Å². The second-order valence-corrected chi connectivity index (χ2v) is 4.20. The van der Waals surface area contributed by atoms with Crippen LogP contribution in [0.2, 0.25) is 0 Å². The highest BCUT2D eigenvalue weighted by Gasteiger charge is 2.15. The zero-order chi connectivity index (χ0) is 14.5. The fourth-order valence-electron chi connectivity index (χ4n) is 1.69. The van der Waals surface area contributed by atoms with E-state index in [2.05, 4.69) is 5.32 Å². The van der Waals surface area contributed by atoms with Crippen LogP contribution in [0.4, 0.5) is 0 Å². The van der Waals surface area contributed by atoms with Gasteiger partial charge in [0.15, 0.2) is 6.10 Å². The first-order valence-corrected chi connectivity index (χ1v) is 6.00. The van der Waals surface area contributed by atoms with Gasteiger partial charge in [-0.2, -0.15) is 0 Å². The highest BCUT2D eigenvalue weighted by Crippen LogP contribution is 2.10. The highest BCUT2D eigenvalue weighted by molar-refractivity contribution is 5.95. The van der Waals surface area contributed by atoms with Crippen LogP contribution in [0.5, 0.6) is 0 Å². The summed E-state index contributed by atoms with van der Waals surface area (Å²) in [5, 5.41) is 20.0. The molecule has 0 saturated heterocycles. The van der Waals surface area contributed by atoms with Crippen molar-refractivity contribution in [2.45, 2.75) is 6.10 Å². The predicted octanol–water partition coefficient (Wildman–Crippen LogP) is 0.653. The Bertz CT molecular complexity index is 607. The molecule has 0 radical (unpaired) electrons. The van der Waals surface area contributed by atoms with E-state index in [4.69, 9.17) is 10.2 Å². The molecular weight excluding hydrogens is 260 g/mol. The van der Waals surface area contributed by atoms with E-state index in [9.17, 15) is 9.59 Å². The molecule has 0 saturated carbocycles. The topological polar surface area (TPSA) is 91.6 Å². The summed E-state index contributed by atoms with van der Waals surface area (Å²) >= 11 is 0. The molecule has 6 heteroatoms. The van der Waals surface area contributed by atoms with Crippen molar-refractivity contribution >= 4 is 11.9 Å². The minimum absolute atomic E-state index is 0.331. The number of hydrogen-bond acceptors (Lipinski definition) is 3. The Morgan fingerprint density at radius 3 is 2.55 bits per heavy atom. The number of carboxylic acids is 1. The normalized spacial score (nSPS) is 11.8. The van der Waals surface area contributed by atoms with Gasteiger partial charge in [0.1, 0.15) is 0 Å². The molecule has 20 heavy (non-hydrogen) atoms. The Labute approximate surface area is 115 Å². The number of benzene rings is 1. The monoisotopic (exact) mass is 274 g/mol. The van der Waals surface area contributed by atoms with Crippen molar-refractivity contribution in [3.05, 3.63) is 54.4 Å². The van der Waals surface area contributed by atoms with E-state index in [0.29, 0.717) is 5.56 Å². The molecule has 6 nitrogen and oxygen atoms in total. The smallest absolute Gasteiger partial charge is 0.334 e. The molecule has 1 atom stereocenters. The Hall–Kier alpha value is -2.60. The molecular formula is C14H14N2O4. The molecule has 0 aliphatic carbocycles. The summed E-state index contributed by atoms with van der Waals surface area (Å²) in [5.41, 5.74) is 1.22. The number of nitrogens with zero attached hydrogens (tertiary/aromatic N) is 1. The van der Waals surface area contributed by atoms with Crippen LogP contribution >= 0.6 is 0 Å². The number of carboxylic acid groups (broad SMARTS) is 1. The van der Waals surface area contributed by atoms with Gasteiger partial charge in [0, 0.05) is 23.6 Å². The Morgan fingerprint density at radius 1 is 1.20 bits per heavy atom. The van der Waals surface area contributed by atoms with E-state index in [1.165, 1.54) is 0 Å². The van der Waals surface area contributed by atoms with E-state index >= 15 is 0 Å². The third-order valence-corrected chi connectivity index (χ3v) is 2.75. The lowest BCUT2D eigenvalue weighted by molar-refractivity contribution is -0.146. The quantitative estimate of drug-likeness (QED) is 0.746. The maximum Gasteiger partial charge on any atom is 0.334 e. The van der Waals surface area contributed by atoms with Gasteiger partial charge >= 0.3 is 5.97 Å². The van der Waals surface area contributed by atoms with Crippen molar-refractivity contribution in [2.75, 3.05) is 6.54 Å². The number of carbonyl (C=O) groups is 2. The molecule has 2 aromatic rings. The molecule has 3 N–H and O–H groups in total. The SMILES string of the molecule is O=C(NC[C@H](O)C(=O)O)c1cccc(-n2cccc2)c1.